The molecule has 116 valence electrons. The molecule has 0 aromatic heterocycles. The minimum atomic E-state index is -0.121. The van der Waals surface area contributed by atoms with Gasteiger partial charge in [-0.3, -0.25) is 9.59 Å². The Hall–Kier alpha value is -0.860. The van der Waals surface area contributed by atoms with Gasteiger partial charge in [-0.1, -0.05) is 0 Å². The molecule has 3 heteroatoms. The lowest BCUT2D eigenvalue weighted by Gasteiger charge is -2.55. The monoisotopic (exact) mass is 290 g/mol. The Morgan fingerprint density at radius 3 is 2.29 bits per heavy atom. The van der Waals surface area contributed by atoms with Crippen LogP contribution in [0.1, 0.15) is 70.6 Å². The first-order valence-electron chi connectivity index (χ1n) is 8.84. The normalized spacial score (nSPS) is 44.9. The molecule has 0 aromatic carbocycles. The van der Waals surface area contributed by atoms with Crippen molar-refractivity contribution in [3.63, 3.8) is 0 Å². The van der Waals surface area contributed by atoms with E-state index in [9.17, 15) is 9.59 Å². The standard InChI is InChI=1S/C18H26O3/c19-16-3-1-2-12(7-16)8-17(20)21-18-9-13-4-14(10-18)6-15(5-13)11-18/h12-15H,1-11H2. The summed E-state index contributed by atoms with van der Waals surface area (Å²) in [5.74, 6) is 2.96. The van der Waals surface area contributed by atoms with Crippen LogP contribution in [0.3, 0.4) is 0 Å². The highest BCUT2D eigenvalue weighted by Crippen LogP contribution is 2.57. The van der Waals surface area contributed by atoms with Gasteiger partial charge in [0.15, 0.2) is 0 Å². The van der Waals surface area contributed by atoms with Crippen molar-refractivity contribution < 1.29 is 14.3 Å². The fourth-order valence-electron chi connectivity index (χ4n) is 5.96. The van der Waals surface area contributed by atoms with Gasteiger partial charge in [0, 0.05) is 19.3 Å². The molecule has 0 amide bonds. The molecule has 4 bridgehead atoms. The minimum absolute atomic E-state index is 0.0309. The SMILES string of the molecule is O=C1CCCC(CC(=O)OC23CC4CC(CC(C4)C2)C3)C1. The highest BCUT2D eigenvalue weighted by molar-refractivity contribution is 5.80. The quantitative estimate of drug-likeness (QED) is 0.745. The highest BCUT2D eigenvalue weighted by Gasteiger charge is 2.53. The van der Waals surface area contributed by atoms with Crippen molar-refractivity contribution >= 4 is 11.8 Å². The summed E-state index contributed by atoms with van der Waals surface area (Å²) >= 11 is 0. The van der Waals surface area contributed by atoms with E-state index in [1.165, 1.54) is 19.3 Å². The predicted octanol–water partition coefficient (Wildman–Crippen LogP) is 3.65. The zero-order valence-corrected chi connectivity index (χ0v) is 12.8. The van der Waals surface area contributed by atoms with Crippen LogP contribution in [0, 0.1) is 23.7 Å². The van der Waals surface area contributed by atoms with Gasteiger partial charge in [0.1, 0.15) is 11.4 Å². The van der Waals surface area contributed by atoms with Gasteiger partial charge in [-0.25, -0.2) is 0 Å². The van der Waals surface area contributed by atoms with E-state index in [4.69, 9.17) is 4.74 Å². The van der Waals surface area contributed by atoms with Gasteiger partial charge in [-0.05, 0) is 75.0 Å². The molecule has 5 aliphatic carbocycles. The molecule has 1 atom stereocenters. The fourth-order valence-corrected chi connectivity index (χ4v) is 5.96. The summed E-state index contributed by atoms with van der Waals surface area (Å²) in [4.78, 5) is 23.9. The Balaban J connectivity index is 1.37. The first-order valence-corrected chi connectivity index (χ1v) is 8.84. The Morgan fingerprint density at radius 2 is 1.71 bits per heavy atom. The van der Waals surface area contributed by atoms with E-state index < -0.39 is 0 Å². The maximum absolute atomic E-state index is 12.4. The summed E-state index contributed by atoms with van der Waals surface area (Å²) < 4.78 is 6.04. The largest absolute Gasteiger partial charge is 0.459 e. The number of ketones is 1. The third kappa shape index (κ3) is 2.76. The molecule has 5 saturated carbocycles. The molecule has 3 nitrogen and oxygen atoms in total. The molecule has 0 aromatic rings. The third-order valence-corrected chi connectivity index (χ3v) is 6.35. The summed E-state index contributed by atoms with van der Waals surface area (Å²) in [5, 5.41) is 0. The molecule has 1 unspecified atom stereocenters. The van der Waals surface area contributed by atoms with Crippen molar-refractivity contribution in [2.45, 2.75) is 76.2 Å². The van der Waals surface area contributed by atoms with Crippen LogP contribution in [0.4, 0.5) is 0 Å². The average Bonchev–Trinajstić information content (AvgIpc) is 2.35. The van der Waals surface area contributed by atoms with E-state index in [1.807, 2.05) is 0 Å². The van der Waals surface area contributed by atoms with Crippen molar-refractivity contribution in [1.82, 2.24) is 0 Å². The summed E-state index contributed by atoms with van der Waals surface area (Å²) in [6, 6.07) is 0. The molecule has 0 spiro atoms. The number of carbonyl (C=O) groups is 2. The van der Waals surface area contributed by atoms with Gasteiger partial charge in [0.05, 0.1) is 0 Å². The molecule has 0 radical (unpaired) electrons. The first-order chi connectivity index (χ1) is 10.1. The van der Waals surface area contributed by atoms with Gasteiger partial charge < -0.3 is 4.74 Å². The van der Waals surface area contributed by atoms with E-state index in [0.29, 0.717) is 25.0 Å². The first kappa shape index (κ1) is 13.8. The van der Waals surface area contributed by atoms with Crippen molar-refractivity contribution in [1.29, 1.82) is 0 Å². The Bertz CT molecular complexity index is 418. The number of esters is 1. The molecule has 0 N–H and O–H groups in total. The average molecular weight is 290 g/mol. The molecule has 21 heavy (non-hydrogen) atoms. The van der Waals surface area contributed by atoms with Crippen LogP contribution in [0.25, 0.3) is 0 Å². The van der Waals surface area contributed by atoms with Crippen molar-refractivity contribution in [3.8, 4) is 0 Å². The number of rotatable bonds is 3. The fraction of sp³-hybridized carbons (Fsp3) is 0.889. The third-order valence-electron chi connectivity index (χ3n) is 6.35. The zero-order valence-electron chi connectivity index (χ0n) is 12.8. The number of hydrogen-bond donors (Lipinski definition) is 0. The second kappa shape index (κ2) is 5.10. The Labute approximate surface area is 126 Å². The van der Waals surface area contributed by atoms with Gasteiger partial charge in [-0.2, -0.15) is 0 Å². The zero-order chi connectivity index (χ0) is 14.4. The van der Waals surface area contributed by atoms with Crippen LogP contribution < -0.4 is 0 Å². The van der Waals surface area contributed by atoms with Crippen LogP contribution >= 0.6 is 0 Å². The number of Topliss-reactive ketones (excluding diaryl/α,β-unsaturated/α-hetero) is 1. The van der Waals surface area contributed by atoms with E-state index >= 15 is 0 Å². The topological polar surface area (TPSA) is 43.4 Å². The lowest BCUT2D eigenvalue weighted by molar-refractivity contribution is -0.187. The Kier molecular flexibility index (Phi) is 3.35. The molecule has 5 aliphatic rings. The van der Waals surface area contributed by atoms with Crippen molar-refractivity contribution in [2.75, 3.05) is 0 Å². The molecular weight excluding hydrogens is 264 g/mol. The molecule has 0 aliphatic heterocycles. The van der Waals surface area contributed by atoms with Crippen LogP contribution in [-0.4, -0.2) is 17.4 Å². The maximum Gasteiger partial charge on any atom is 0.306 e. The van der Waals surface area contributed by atoms with Gasteiger partial charge in [0.25, 0.3) is 0 Å². The van der Waals surface area contributed by atoms with Crippen molar-refractivity contribution in [2.24, 2.45) is 23.7 Å². The van der Waals surface area contributed by atoms with E-state index in [0.717, 1.165) is 49.9 Å². The maximum atomic E-state index is 12.4. The molecular formula is C18H26O3. The summed E-state index contributed by atoms with van der Waals surface area (Å²) in [6.45, 7) is 0. The second-order valence-electron chi connectivity index (χ2n) is 8.28. The summed E-state index contributed by atoms with van der Waals surface area (Å²) in [5.41, 5.74) is -0.121. The molecule has 5 rings (SSSR count). The van der Waals surface area contributed by atoms with Crippen LogP contribution in [0.2, 0.25) is 0 Å². The Morgan fingerprint density at radius 1 is 1.10 bits per heavy atom. The number of carbonyl (C=O) groups excluding carboxylic acids is 2. The van der Waals surface area contributed by atoms with Gasteiger partial charge in [0.2, 0.25) is 0 Å². The van der Waals surface area contributed by atoms with Crippen LogP contribution in [0.15, 0.2) is 0 Å². The molecule has 5 fully saturated rings. The number of hydrogen-bond acceptors (Lipinski definition) is 3. The number of ether oxygens (including phenoxy) is 1. The predicted molar refractivity (Wildman–Crippen MR) is 78.6 cm³/mol. The van der Waals surface area contributed by atoms with Gasteiger partial charge >= 0.3 is 5.97 Å². The van der Waals surface area contributed by atoms with Crippen molar-refractivity contribution in [3.05, 3.63) is 0 Å². The molecule has 0 heterocycles. The van der Waals surface area contributed by atoms with Crippen LogP contribution in [-0.2, 0) is 14.3 Å². The minimum Gasteiger partial charge on any atom is -0.459 e. The second-order valence-corrected chi connectivity index (χ2v) is 8.28. The van der Waals surface area contributed by atoms with Gasteiger partial charge in [-0.15, -0.1) is 0 Å². The molecule has 0 saturated heterocycles. The summed E-state index contributed by atoms with van der Waals surface area (Å²) in [7, 11) is 0. The highest BCUT2D eigenvalue weighted by atomic mass is 16.6. The van der Waals surface area contributed by atoms with E-state index in [-0.39, 0.29) is 17.5 Å². The smallest absolute Gasteiger partial charge is 0.306 e. The lowest BCUT2D eigenvalue weighted by atomic mass is 9.54. The van der Waals surface area contributed by atoms with E-state index in [2.05, 4.69) is 0 Å². The van der Waals surface area contributed by atoms with E-state index in [1.54, 1.807) is 0 Å². The summed E-state index contributed by atoms with van der Waals surface area (Å²) in [6.07, 6.45) is 11.2. The van der Waals surface area contributed by atoms with Crippen LogP contribution in [0.5, 0.6) is 0 Å². The lowest BCUT2D eigenvalue weighted by Crippen LogP contribution is -2.52.